The molecule has 1 aliphatic heterocycles. The Kier molecular flexibility index (Phi) is 4.41. The molecule has 3 rings (SSSR count). The minimum absolute atomic E-state index is 0.0439. The van der Waals surface area contributed by atoms with E-state index in [1.165, 1.54) is 19.2 Å². The van der Waals surface area contributed by atoms with Crippen LogP contribution in [0.15, 0.2) is 39.7 Å². The van der Waals surface area contributed by atoms with Crippen molar-refractivity contribution in [3.05, 3.63) is 46.6 Å². The molecular formula is C16H11NO5S2. The van der Waals surface area contributed by atoms with Crippen molar-refractivity contribution in [3.8, 4) is 17.1 Å². The second kappa shape index (κ2) is 6.50. The number of furan rings is 1. The van der Waals surface area contributed by atoms with Gasteiger partial charge in [0.05, 0.1) is 12.0 Å². The molecule has 1 amide bonds. The Hall–Kier alpha value is -2.58. The predicted molar refractivity (Wildman–Crippen MR) is 93.5 cm³/mol. The van der Waals surface area contributed by atoms with E-state index in [0.717, 1.165) is 11.8 Å². The number of esters is 1. The highest BCUT2D eigenvalue weighted by molar-refractivity contribution is 8.26. The Morgan fingerprint density at radius 2 is 2.17 bits per heavy atom. The second-order valence-electron chi connectivity index (χ2n) is 4.78. The number of phenols is 1. The number of hydrogen-bond acceptors (Lipinski definition) is 7. The van der Waals surface area contributed by atoms with Crippen LogP contribution in [0.4, 0.5) is 0 Å². The number of amides is 1. The molecule has 0 radical (unpaired) electrons. The number of thioether (sulfide) groups is 1. The monoisotopic (exact) mass is 361 g/mol. The molecule has 0 bridgehead atoms. The maximum atomic E-state index is 11.6. The fraction of sp³-hybridized carbons (Fsp3) is 0.0625. The Bertz CT molecular complexity index is 884. The average Bonchev–Trinajstić information content (AvgIpc) is 3.14. The lowest BCUT2D eigenvalue weighted by Crippen LogP contribution is -2.17. The van der Waals surface area contributed by atoms with Crippen LogP contribution in [0.3, 0.4) is 0 Å². The number of thiocarbonyl (C=S) groups is 1. The number of carbonyl (C=O) groups excluding carboxylic acids is 2. The topological polar surface area (TPSA) is 88.8 Å². The molecule has 1 saturated heterocycles. The van der Waals surface area contributed by atoms with Gasteiger partial charge in [0.15, 0.2) is 0 Å². The molecule has 8 heteroatoms. The molecule has 24 heavy (non-hydrogen) atoms. The maximum Gasteiger partial charge on any atom is 0.341 e. The first-order valence-corrected chi connectivity index (χ1v) is 7.97. The summed E-state index contributed by atoms with van der Waals surface area (Å²) < 4.78 is 10.7. The molecule has 2 aromatic rings. The lowest BCUT2D eigenvalue weighted by atomic mass is 10.1. The molecule has 1 fully saturated rings. The summed E-state index contributed by atoms with van der Waals surface area (Å²) in [6.07, 6.45) is 1.59. The third-order valence-corrected chi connectivity index (χ3v) is 4.39. The Morgan fingerprint density at radius 3 is 2.83 bits per heavy atom. The number of ether oxygens (including phenoxy) is 1. The minimum Gasteiger partial charge on any atom is -0.507 e. The zero-order valence-corrected chi connectivity index (χ0v) is 14.0. The van der Waals surface area contributed by atoms with Crippen molar-refractivity contribution < 1.29 is 23.8 Å². The number of hydrogen-bond donors (Lipinski definition) is 2. The second-order valence-corrected chi connectivity index (χ2v) is 6.50. The van der Waals surface area contributed by atoms with Gasteiger partial charge < -0.3 is 19.6 Å². The van der Waals surface area contributed by atoms with E-state index in [1.54, 1.807) is 24.3 Å². The number of methoxy groups -OCH3 is 1. The molecule has 1 aromatic heterocycles. The van der Waals surface area contributed by atoms with Gasteiger partial charge in [-0.2, -0.15) is 0 Å². The van der Waals surface area contributed by atoms with E-state index in [-0.39, 0.29) is 17.2 Å². The highest BCUT2D eigenvalue weighted by Crippen LogP contribution is 2.30. The van der Waals surface area contributed by atoms with Gasteiger partial charge in [0, 0.05) is 11.6 Å². The number of nitrogens with one attached hydrogen (secondary N) is 1. The smallest absolute Gasteiger partial charge is 0.341 e. The van der Waals surface area contributed by atoms with E-state index in [1.807, 2.05) is 0 Å². The summed E-state index contributed by atoms with van der Waals surface area (Å²) in [5, 5.41) is 12.3. The van der Waals surface area contributed by atoms with E-state index in [0.29, 0.717) is 26.3 Å². The summed E-state index contributed by atoms with van der Waals surface area (Å²) in [5.41, 5.74) is 0.638. The van der Waals surface area contributed by atoms with Crippen molar-refractivity contribution in [1.82, 2.24) is 5.32 Å². The van der Waals surface area contributed by atoms with Gasteiger partial charge in [-0.15, -0.1) is 0 Å². The molecule has 0 unspecified atom stereocenters. The lowest BCUT2D eigenvalue weighted by Gasteiger charge is -2.04. The molecule has 1 aliphatic rings. The van der Waals surface area contributed by atoms with Crippen LogP contribution in [-0.2, 0) is 9.53 Å². The van der Waals surface area contributed by atoms with Crippen molar-refractivity contribution in [1.29, 1.82) is 0 Å². The Balaban J connectivity index is 1.91. The van der Waals surface area contributed by atoms with Gasteiger partial charge in [0.1, 0.15) is 27.2 Å². The third-order valence-electron chi connectivity index (χ3n) is 3.23. The SMILES string of the molecule is COC(=O)c1cc(-c2ccc(/C=C3/SC(=S)NC3=O)o2)ccc1O. The number of phenolic OH excluding ortho intramolecular Hbond substituents is 1. The number of benzene rings is 1. The average molecular weight is 361 g/mol. The molecule has 0 spiro atoms. The number of rotatable bonds is 3. The van der Waals surface area contributed by atoms with E-state index in [9.17, 15) is 14.7 Å². The molecule has 0 saturated carbocycles. The van der Waals surface area contributed by atoms with Crippen LogP contribution >= 0.6 is 24.0 Å². The largest absolute Gasteiger partial charge is 0.507 e. The zero-order valence-electron chi connectivity index (χ0n) is 12.4. The van der Waals surface area contributed by atoms with E-state index >= 15 is 0 Å². The van der Waals surface area contributed by atoms with Crippen LogP contribution in [0, 0.1) is 0 Å². The van der Waals surface area contributed by atoms with Gasteiger partial charge in [0.25, 0.3) is 5.91 Å². The lowest BCUT2D eigenvalue weighted by molar-refractivity contribution is -0.115. The summed E-state index contributed by atoms with van der Waals surface area (Å²) in [6, 6.07) is 7.88. The van der Waals surface area contributed by atoms with Crippen molar-refractivity contribution in [3.63, 3.8) is 0 Å². The summed E-state index contributed by atoms with van der Waals surface area (Å²) in [4.78, 5) is 23.7. The minimum atomic E-state index is -0.643. The number of aromatic hydroxyl groups is 1. The van der Waals surface area contributed by atoms with Gasteiger partial charge in [-0.3, -0.25) is 4.79 Å². The van der Waals surface area contributed by atoms with Gasteiger partial charge in [-0.1, -0.05) is 24.0 Å². The third kappa shape index (κ3) is 3.19. The van der Waals surface area contributed by atoms with Crippen molar-refractivity contribution in [2.75, 3.05) is 7.11 Å². The quantitative estimate of drug-likeness (QED) is 0.494. The van der Waals surface area contributed by atoms with Gasteiger partial charge >= 0.3 is 5.97 Å². The molecule has 0 atom stereocenters. The molecule has 2 N–H and O–H groups in total. The van der Waals surface area contributed by atoms with Crippen LogP contribution in [0.1, 0.15) is 16.1 Å². The first kappa shape index (κ1) is 16.3. The van der Waals surface area contributed by atoms with Crippen LogP contribution < -0.4 is 5.32 Å². The first-order valence-electron chi connectivity index (χ1n) is 6.74. The number of carbonyl (C=O) groups is 2. The molecule has 0 aliphatic carbocycles. The van der Waals surface area contributed by atoms with Crippen LogP contribution in [0.5, 0.6) is 5.75 Å². The van der Waals surface area contributed by atoms with E-state index in [4.69, 9.17) is 16.6 Å². The van der Waals surface area contributed by atoms with Gasteiger partial charge in [-0.05, 0) is 30.3 Å². The van der Waals surface area contributed by atoms with E-state index in [2.05, 4.69) is 10.1 Å². The first-order chi connectivity index (χ1) is 11.5. The summed E-state index contributed by atoms with van der Waals surface area (Å²) in [7, 11) is 1.24. The summed E-state index contributed by atoms with van der Waals surface area (Å²) in [6.45, 7) is 0. The van der Waals surface area contributed by atoms with Gasteiger partial charge in [0.2, 0.25) is 0 Å². The van der Waals surface area contributed by atoms with Crippen molar-refractivity contribution in [2.45, 2.75) is 0 Å². The highest BCUT2D eigenvalue weighted by atomic mass is 32.2. The van der Waals surface area contributed by atoms with Crippen LogP contribution in [-0.4, -0.2) is 28.4 Å². The molecular weight excluding hydrogens is 350 g/mol. The van der Waals surface area contributed by atoms with Crippen molar-refractivity contribution in [2.24, 2.45) is 0 Å². The zero-order chi connectivity index (χ0) is 17.3. The summed E-state index contributed by atoms with van der Waals surface area (Å²) >= 11 is 6.09. The molecule has 6 nitrogen and oxygen atoms in total. The van der Waals surface area contributed by atoms with Gasteiger partial charge in [-0.25, -0.2) is 4.79 Å². The Labute approximate surface area is 146 Å². The summed E-state index contributed by atoms with van der Waals surface area (Å²) in [5.74, 6) is -0.124. The fourth-order valence-electron chi connectivity index (χ4n) is 2.10. The standard InChI is InChI=1S/C16H11NO5S2/c1-21-15(20)10-6-8(2-4-11(10)18)12-5-3-9(22-12)7-13-14(19)17-16(23)24-13/h2-7,18H,1H3,(H,17,19,23)/b13-7+. The molecule has 1 aromatic carbocycles. The fourth-order valence-corrected chi connectivity index (χ4v) is 3.12. The highest BCUT2D eigenvalue weighted by Gasteiger charge is 2.22. The molecule has 2 heterocycles. The predicted octanol–water partition coefficient (Wildman–Crippen LogP) is 2.93. The molecule has 122 valence electrons. The van der Waals surface area contributed by atoms with E-state index < -0.39 is 5.97 Å². The maximum absolute atomic E-state index is 11.6. The normalized spacial score (nSPS) is 15.6. The Morgan fingerprint density at radius 1 is 1.38 bits per heavy atom. The van der Waals surface area contributed by atoms with Crippen LogP contribution in [0.25, 0.3) is 17.4 Å². The van der Waals surface area contributed by atoms with Crippen LogP contribution in [0.2, 0.25) is 0 Å². The van der Waals surface area contributed by atoms with Crippen molar-refractivity contribution >= 4 is 46.3 Å².